The molecule has 0 saturated carbocycles. The van der Waals surface area contributed by atoms with Crippen molar-refractivity contribution in [2.24, 2.45) is 0 Å². The number of hydrogen-bond acceptors (Lipinski definition) is 1. The molecule has 0 bridgehead atoms. The van der Waals surface area contributed by atoms with Crippen LogP contribution in [0.3, 0.4) is 0 Å². The van der Waals surface area contributed by atoms with E-state index in [1.807, 2.05) is 54.7 Å². The predicted octanol–water partition coefficient (Wildman–Crippen LogP) is 4.89. The van der Waals surface area contributed by atoms with E-state index in [1.54, 1.807) is 6.07 Å². The van der Waals surface area contributed by atoms with Crippen LogP contribution in [0.1, 0.15) is 11.1 Å². The number of nitrogens with zero attached hydrogens (tertiary/aromatic N) is 1. The van der Waals surface area contributed by atoms with Gasteiger partial charge in [-0.25, -0.2) is 0 Å². The Bertz CT molecular complexity index is 837. The lowest BCUT2D eigenvalue weighted by atomic mass is 10.0. The Morgan fingerprint density at radius 1 is 1.10 bits per heavy atom. The SMILES string of the molecule is N#CC(=Cc1c[nH]c2ccccc12)c1ccccc1Cl. The van der Waals surface area contributed by atoms with Crippen LogP contribution < -0.4 is 0 Å². The molecule has 20 heavy (non-hydrogen) atoms. The number of fused-ring (bicyclic) bond motifs is 1. The first-order valence-electron chi connectivity index (χ1n) is 6.22. The molecule has 0 aliphatic carbocycles. The zero-order valence-corrected chi connectivity index (χ0v) is 11.4. The van der Waals surface area contributed by atoms with Gasteiger partial charge >= 0.3 is 0 Å². The maximum atomic E-state index is 9.39. The third kappa shape index (κ3) is 2.20. The van der Waals surface area contributed by atoms with E-state index in [2.05, 4.69) is 11.1 Å². The number of halogens is 1. The van der Waals surface area contributed by atoms with Gasteiger partial charge in [-0.1, -0.05) is 48.0 Å². The lowest BCUT2D eigenvalue weighted by Crippen LogP contribution is -1.83. The minimum Gasteiger partial charge on any atom is -0.361 e. The molecule has 0 fully saturated rings. The van der Waals surface area contributed by atoms with E-state index < -0.39 is 0 Å². The van der Waals surface area contributed by atoms with Gasteiger partial charge in [0.25, 0.3) is 0 Å². The Hall–Kier alpha value is -2.50. The number of hydrogen-bond donors (Lipinski definition) is 1. The molecule has 0 amide bonds. The van der Waals surface area contributed by atoms with Gasteiger partial charge in [0.15, 0.2) is 0 Å². The van der Waals surface area contributed by atoms with Crippen molar-refractivity contribution in [1.29, 1.82) is 5.26 Å². The fourth-order valence-corrected chi connectivity index (χ4v) is 2.46. The van der Waals surface area contributed by atoms with Gasteiger partial charge < -0.3 is 4.98 Å². The number of nitrogens with one attached hydrogen (secondary N) is 1. The molecule has 0 atom stereocenters. The van der Waals surface area contributed by atoms with Gasteiger partial charge in [0.1, 0.15) is 0 Å². The van der Waals surface area contributed by atoms with E-state index in [0.29, 0.717) is 10.6 Å². The number of allylic oxidation sites excluding steroid dienone is 1. The van der Waals surface area contributed by atoms with Crippen LogP contribution in [0.4, 0.5) is 0 Å². The van der Waals surface area contributed by atoms with Gasteiger partial charge in [0.2, 0.25) is 0 Å². The molecule has 0 spiro atoms. The summed E-state index contributed by atoms with van der Waals surface area (Å²) in [4.78, 5) is 3.20. The third-order valence-electron chi connectivity index (χ3n) is 3.21. The first-order valence-corrected chi connectivity index (χ1v) is 6.60. The Morgan fingerprint density at radius 2 is 1.85 bits per heavy atom. The Balaban J connectivity index is 2.15. The minimum atomic E-state index is 0.556. The van der Waals surface area contributed by atoms with Crippen LogP contribution >= 0.6 is 11.6 Å². The number of aromatic amines is 1. The fraction of sp³-hybridized carbons (Fsp3) is 0. The van der Waals surface area contributed by atoms with Crippen molar-refractivity contribution in [1.82, 2.24) is 4.98 Å². The molecule has 3 aromatic rings. The highest BCUT2D eigenvalue weighted by molar-refractivity contribution is 6.32. The van der Waals surface area contributed by atoms with E-state index in [9.17, 15) is 5.26 Å². The van der Waals surface area contributed by atoms with E-state index in [1.165, 1.54) is 0 Å². The summed E-state index contributed by atoms with van der Waals surface area (Å²) in [5.41, 5.74) is 3.34. The molecule has 96 valence electrons. The van der Waals surface area contributed by atoms with E-state index >= 15 is 0 Å². The molecule has 2 aromatic carbocycles. The van der Waals surface area contributed by atoms with Crippen LogP contribution in [-0.2, 0) is 0 Å². The average molecular weight is 279 g/mol. The maximum absolute atomic E-state index is 9.39. The first-order chi connectivity index (χ1) is 9.79. The van der Waals surface area contributed by atoms with Crippen LogP contribution in [0.15, 0.2) is 54.7 Å². The molecule has 1 aromatic heterocycles. The molecule has 0 aliphatic rings. The lowest BCUT2D eigenvalue weighted by molar-refractivity contribution is 1.47. The second-order valence-electron chi connectivity index (χ2n) is 4.44. The van der Waals surface area contributed by atoms with Gasteiger partial charge in [-0.05, 0) is 18.2 Å². The second kappa shape index (κ2) is 5.24. The van der Waals surface area contributed by atoms with Crippen molar-refractivity contribution >= 4 is 34.2 Å². The van der Waals surface area contributed by atoms with Gasteiger partial charge in [0, 0.05) is 33.2 Å². The summed E-state index contributed by atoms with van der Waals surface area (Å²) in [6.45, 7) is 0. The van der Waals surface area contributed by atoms with Gasteiger partial charge in [-0.2, -0.15) is 5.26 Å². The molecule has 2 nitrogen and oxygen atoms in total. The number of benzene rings is 2. The summed E-state index contributed by atoms with van der Waals surface area (Å²) in [7, 11) is 0. The maximum Gasteiger partial charge on any atom is 0.0998 e. The van der Waals surface area contributed by atoms with Crippen molar-refractivity contribution in [2.45, 2.75) is 0 Å². The van der Waals surface area contributed by atoms with E-state index in [4.69, 9.17) is 11.6 Å². The average Bonchev–Trinajstić information content (AvgIpc) is 2.89. The van der Waals surface area contributed by atoms with Crippen molar-refractivity contribution in [3.8, 4) is 6.07 Å². The van der Waals surface area contributed by atoms with Crippen molar-refractivity contribution in [2.75, 3.05) is 0 Å². The normalized spacial score (nSPS) is 11.5. The summed E-state index contributed by atoms with van der Waals surface area (Å²) in [5, 5.41) is 11.1. The molecule has 0 unspecified atom stereocenters. The molecule has 1 N–H and O–H groups in total. The number of rotatable bonds is 2. The van der Waals surface area contributed by atoms with E-state index in [0.717, 1.165) is 22.0 Å². The third-order valence-corrected chi connectivity index (χ3v) is 3.54. The Morgan fingerprint density at radius 3 is 2.65 bits per heavy atom. The largest absolute Gasteiger partial charge is 0.361 e. The molecule has 0 saturated heterocycles. The van der Waals surface area contributed by atoms with Crippen LogP contribution in [0.2, 0.25) is 5.02 Å². The summed E-state index contributed by atoms with van der Waals surface area (Å²) >= 11 is 6.16. The summed E-state index contributed by atoms with van der Waals surface area (Å²) in [6.07, 6.45) is 3.76. The highest BCUT2D eigenvalue weighted by Crippen LogP contribution is 2.27. The highest BCUT2D eigenvalue weighted by atomic mass is 35.5. The fourth-order valence-electron chi connectivity index (χ4n) is 2.22. The zero-order valence-electron chi connectivity index (χ0n) is 10.6. The van der Waals surface area contributed by atoms with Gasteiger partial charge in [-0.15, -0.1) is 0 Å². The molecule has 3 rings (SSSR count). The van der Waals surface area contributed by atoms with Crippen molar-refractivity contribution < 1.29 is 0 Å². The molecule has 3 heteroatoms. The van der Waals surface area contributed by atoms with Crippen LogP contribution in [0.5, 0.6) is 0 Å². The minimum absolute atomic E-state index is 0.556. The zero-order chi connectivity index (χ0) is 13.9. The molecule has 0 aliphatic heterocycles. The molecule has 0 radical (unpaired) electrons. The van der Waals surface area contributed by atoms with Crippen LogP contribution in [-0.4, -0.2) is 4.98 Å². The van der Waals surface area contributed by atoms with Crippen LogP contribution in [0.25, 0.3) is 22.6 Å². The monoisotopic (exact) mass is 278 g/mol. The lowest BCUT2D eigenvalue weighted by Gasteiger charge is -2.01. The number of nitriles is 1. The molecule has 1 heterocycles. The summed E-state index contributed by atoms with van der Waals surface area (Å²) < 4.78 is 0. The predicted molar refractivity (Wildman–Crippen MR) is 83.2 cm³/mol. The van der Waals surface area contributed by atoms with Gasteiger partial charge in [-0.3, -0.25) is 0 Å². The number of para-hydroxylation sites is 1. The van der Waals surface area contributed by atoms with Gasteiger partial charge in [0.05, 0.1) is 11.6 Å². The number of aromatic nitrogens is 1. The van der Waals surface area contributed by atoms with Crippen LogP contribution in [0, 0.1) is 11.3 Å². The van der Waals surface area contributed by atoms with Crippen molar-refractivity contribution in [3.63, 3.8) is 0 Å². The standard InChI is InChI=1S/C17H11ClN2/c18-16-7-3-1-5-14(16)12(10-19)9-13-11-20-17-8-4-2-6-15(13)17/h1-9,11,20H. The summed E-state index contributed by atoms with van der Waals surface area (Å²) in [6, 6.07) is 17.6. The summed E-state index contributed by atoms with van der Waals surface area (Å²) in [5.74, 6) is 0. The van der Waals surface area contributed by atoms with E-state index in [-0.39, 0.29) is 0 Å². The first kappa shape index (κ1) is 12.5. The Labute approximate surface area is 121 Å². The molecular formula is C17H11ClN2. The second-order valence-corrected chi connectivity index (χ2v) is 4.85. The molecular weight excluding hydrogens is 268 g/mol. The smallest absolute Gasteiger partial charge is 0.0998 e. The Kier molecular flexibility index (Phi) is 3.28. The van der Waals surface area contributed by atoms with Crippen molar-refractivity contribution in [3.05, 3.63) is 70.9 Å². The topological polar surface area (TPSA) is 39.6 Å². The highest BCUT2D eigenvalue weighted by Gasteiger charge is 2.07. The quantitative estimate of drug-likeness (QED) is 0.666. The number of H-pyrrole nitrogens is 1.